The highest BCUT2D eigenvalue weighted by Crippen LogP contribution is 2.26. The van der Waals surface area contributed by atoms with E-state index in [9.17, 15) is 0 Å². The smallest absolute Gasteiger partial charge is 0.140 e. The zero-order valence-electron chi connectivity index (χ0n) is 9.26. The van der Waals surface area contributed by atoms with E-state index in [4.69, 9.17) is 16.0 Å². The molecule has 1 unspecified atom stereocenters. The molecule has 0 saturated heterocycles. The van der Waals surface area contributed by atoms with Crippen LogP contribution in [0.1, 0.15) is 32.6 Å². The molecule has 0 radical (unpaired) electrons. The molecule has 0 heterocycles. The Morgan fingerprint density at radius 2 is 2.27 bits per heavy atom. The summed E-state index contributed by atoms with van der Waals surface area (Å²) in [6, 6.07) is 0.789. The number of amidine groups is 1. The minimum Gasteiger partial charge on any atom is -0.409 e. The summed E-state index contributed by atoms with van der Waals surface area (Å²) < 4.78 is 0. The van der Waals surface area contributed by atoms with Crippen LogP contribution < -0.4 is 5.73 Å². The Labute approximate surface area is 90.6 Å². The van der Waals surface area contributed by atoms with E-state index in [0.717, 1.165) is 0 Å². The van der Waals surface area contributed by atoms with Gasteiger partial charge in [0.25, 0.3) is 0 Å². The molecule has 5 heteroatoms. The largest absolute Gasteiger partial charge is 0.409 e. The summed E-state index contributed by atoms with van der Waals surface area (Å²) in [7, 11) is 0. The summed E-state index contributed by atoms with van der Waals surface area (Å²) in [6.45, 7) is 2.88. The molecule has 0 aromatic heterocycles. The molecule has 4 N–H and O–H groups in total. The lowest BCUT2D eigenvalue weighted by Gasteiger charge is -2.41. The van der Waals surface area contributed by atoms with Crippen LogP contribution in [-0.2, 0) is 0 Å². The maximum absolute atomic E-state index is 8.99. The van der Waals surface area contributed by atoms with Crippen LogP contribution in [0.4, 0.5) is 0 Å². The minimum absolute atomic E-state index is 0.164. The van der Waals surface area contributed by atoms with E-state index in [1.807, 2.05) is 6.92 Å². The lowest BCUT2D eigenvalue weighted by Crippen LogP contribution is -2.48. The van der Waals surface area contributed by atoms with Gasteiger partial charge in [0, 0.05) is 25.0 Å². The maximum Gasteiger partial charge on any atom is 0.140 e. The zero-order valence-corrected chi connectivity index (χ0v) is 9.26. The van der Waals surface area contributed by atoms with Crippen LogP contribution >= 0.6 is 0 Å². The molecule has 1 fully saturated rings. The van der Waals surface area contributed by atoms with Crippen molar-refractivity contribution in [1.82, 2.24) is 4.90 Å². The van der Waals surface area contributed by atoms with Crippen LogP contribution in [0.25, 0.3) is 0 Å². The van der Waals surface area contributed by atoms with E-state index < -0.39 is 0 Å². The predicted molar refractivity (Wildman–Crippen MR) is 58.9 cm³/mol. The highest BCUT2D eigenvalue weighted by atomic mass is 16.4. The van der Waals surface area contributed by atoms with E-state index in [2.05, 4.69) is 10.1 Å². The van der Waals surface area contributed by atoms with Gasteiger partial charge in [-0.2, -0.15) is 0 Å². The highest BCUT2D eigenvalue weighted by Gasteiger charge is 2.28. The number of hydrogen-bond donors (Lipinski definition) is 3. The zero-order chi connectivity index (χ0) is 11.3. The molecule has 1 aliphatic rings. The molecule has 1 atom stereocenters. The molecule has 88 valence electrons. The molecule has 1 saturated carbocycles. The Morgan fingerprint density at radius 1 is 1.60 bits per heavy atom. The molecular weight excluding hydrogens is 194 g/mol. The van der Waals surface area contributed by atoms with Crippen LogP contribution in [0.2, 0.25) is 0 Å². The van der Waals surface area contributed by atoms with Gasteiger partial charge in [0.1, 0.15) is 5.84 Å². The van der Waals surface area contributed by atoms with Crippen molar-refractivity contribution in [3.05, 3.63) is 0 Å². The number of aliphatic hydroxyl groups excluding tert-OH is 1. The third-order valence-electron chi connectivity index (χ3n) is 3.10. The number of rotatable bonds is 6. The first kappa shape index (κ1) is 12.3. The summed E-state index contributed by atoms with van der Waals surface area (Å²) >= 11 is 0. The van der Waals surface area contributed by atoms with Crippen molar-refractivity contribution in [2.24, 2.45) is 10.9 Å². The van der Waals surface area contributed by atoms with Gasteiger partial charge >= 0.3 is 0 Å². The quantitative estimate of drug-likeness (QED) is 0.258. The fourth-order valence-electron chi connectivity index (χ4n) is 2.06. The first-order chi connectivity index (χ1) is 7.19. The normalized spacial score (nSPS) is 20.3. The van der Waals surface area contributed by atoms with Crippen molar-refractivity contribution in [3.8, 4) is 0 Å². The Kier molecular flexibility index (Phi) is 4.84. The molecule has 1 rings (SSSR count). The van der Waals surface area contributed by atoms with Gasteiger partial charge in [-0.1, -0.05) is 11.6 Å². The average molecular weight is 215 g/mol. The van der Waals surface area contributed by atoms with Crippen LogP contribution in [-0.4, -0.2) is 46.3 Å². The van der Waals surface area contributed by atoms with Gasteiger partial charge in [0.05, 0.1) is 6.61 Å². The number of nitrogens with zero attached hydrogens (tertiary/aromatic N) is 2. The predicted octanol–water partition coefficient (Wildman–Crippen LogP) is 0.358. The van der Waals surface area contributed by atoms with Crippen LogP contribution in [0.3, 0.4) is 0 Å². The average Bonchev–Trinajstić information content (AvgIpc) is 2.14. The summed E-state index contributed by atoms with van der Waals surface area (Å²) in [6.07, 6.45) is 4.21. The number of hydrogen-bond acceptors (Lipinski definition) is 4. The molecule has 0 bridgehead atoms. The number of aliphatic hydroxyl groups is 1. The van der Waals surface area contributed by atoms with E-state index in [1.54, 1.807) is 0 Å². The lowest BCUT2D eigenvalue weighted by molar-refractivity contribution is 0.0688. The van der Waals surface area contributed by atoms with Gasteiger partial charge in [0.2, 0.25) is 0 Å². The standard InChI is InChI=1S/C10H21N3O2/c1-8(7-10(11)12-15)13(5-6-14)9-3-2-4-9/h8-9,14-15H,2-7H2,1H3,(H2,11,12). The molecule has 0 aliphatic heterocycles. The monoisotopic (exact) mass is 215 g/mol. The molecule has 0 aromatic rings. The molecule has 0 spiro atoms. The van der Waals surface area contributed by atoms with E-state index in [0.29, 0.717) is 19.0 Å². The van der Waals surface area contributed by atoms with Gasteiger partial charge in [-0.25, -0.2) is 0 Å². The Morgan fingerprint density at radius 3 is 2.67 bits per heavy atom. The summed E-state index contributed by atoms with van der Waals surface area (Å²) in [5.41, 5.74) is 5.48. The summed E-state index contributed by atoms with van der Waals surface area (Å²) in [5.74, 6) is 0.254. The SMILES string of the molecule is CC(CC(N)=NO)N(CCO)C1CCC1. The summed E-state index contributed by atoms with van der Waals surface area (Å²) in [4.78, 5) is 2.25. The summed E-state index contributed by atoms with van der Waals surface area (Å²) in [5, 5.41) is 20.5. The van der Waals surface area contributed by atoms with Crippen molar-refractivity contribution in [2.75, 3.05) is 13.2 Å². The molecule has 0 amide bonds. The fourth-order valence-corrected chi connectivity index (χ4v) is 2.06. The van der Waals surface area contributed by atoms with Crippen LogP contribution in [0.5, 0.6) is 0 Å². The van der Waals surface area contributed by atoms with Gasteiger partial charge in [-0.15, -0.1) is 0 Å². The third-order valence-corrected chi connectivity index (χ3v) is 3.10. The maximum atomic E-state index is 8.99. The van der Waals surface area contributed by atoms with Crippen molar-refractivity contribution >= 4 is 5.84 Å². The Bertz CT molecular complexity index is 217. The van der Waals surface area contributed by atoms with E-state index >= 15 is 0 Å². The molecule has 0 aromatic carbocycles. The number of nitrogens with two attached hydrogens (primary N) is 1. The van der Waals surface area contributed by atoms with Gasteiger partial charge < -0.3 is 16.0 Å². The molecular formula is C10H21N3O2. The van der Waals surface area contributed by atoms with Crippen molar-refractivity contribution in [3.63, 3.8) is 0 Å². The van der Waals surface area contributed by atoms with E-state index in [-0.39, 0.29) is 18.5 Å². The first-order valence-electron chi connectivity index (χ1n) is 5.52. The minimum atomic E-state index is 0.164. The van der Waals surface area contributed by atoms with Crippen molar-refractivity contribution in [2.45, 2.75) is 44.7 Å². The van der Waals surface area contributed by atoms with Crippen molar-refractivity contribution in [1.29, 1.82) is 0 Å². The van der Waals surface area contributed by atoms with Gasteiger partial charge in [-0.05, 0) is 19.8 Å². The topological polar surface area (TPSA) is 82.1 Å². The highest BCUT2D eigenvalue weighted by molar-refractivity contribution is 5.80. The van der Waals surface area contributed by atoms with Crippen molar-refractivity contribution < 1.29 is 10.3 Å². The van der Waals surface area contributed by atoms with Crippen LogP contribution in [0, 0.1) is 0 Å². The second-order valence-corrected chi connectivity index (χ2v) is 4.19. The molecule has 1 aliphatic carbocycles. The van der Waals surface area contributed by atoms with Crippen LogP contribution in [0.15, 0.2) is 5.16 Å². The Balaban J connectivity index is 2.46. The van der Waals surface area contributed by atoms with Gasteiger partial charge in [-0.3, -0.25) is 4.90 Å². The third kappa shape index (κ3) is 3.35. The Hall–Kier alpha value is -0.810. The number of oxime groups is 1. The molecule has 5 nitrogen and oxygen atoms in total. The molecule has 15 heavy (non-hydrogen) atoms. The van der Waals surface area contributed by atoms with E-state index in [1.165, 1.54) is 19.3 Å². The van der Waals surface area contributed by atoms with Gasteiger partial charge in [0.15, 0.2) is 0 Å². The first-order valence-corrected chi connectivity index (χ1v) is 5.52. The lowest BCUT2D eigenvalue weighted by atomic mass is 9.90. The fraction of sp³-hybridized carbons (Fsp3) is 0.900. The second kappa shape index (κ2) is 5.92. The second-order valence-electron chi connectivity index (χ2n) is 4.19.